The predicted octanol–water partition coefficient (Wildman–Crippen LogP) is 2.61. The fourth-order valence-corrected chi connectivity index (χ4v) is 2.90. The van der Waals surface area contributed by atoms with Crippen LogP contribution in [0.25, 0.3) is 0 Å². The van der Waals surface area contributed by atoms with Crippen LogP contribution in [0.5, 0.6) is 0 Å². The summed E-state index contributed by atoms with van der Waals surface area (Å²) in [7, 11) is 0. The van der Waals surface area contributed by atoms with Crippen LogP contribution in [-0.2, 0) is 17.9 Å². The van der Waals surface area contributed by atoms with Crippen LogP contribution < -0.4 is 0 Å². The first-order valence-corrected chi connectivity index (χ1v) is 8.44. The number of rotatable bonds is 4. The molecule has 0 radical (unpaired) electrons. The van der Waals surface area contributed by atoms with Crippen molar-refractivity contribution < 1.29 is 14.3 Å². The van der Waals surface area contributed by atoms with E-state index in [0.29, 0.717) is 25.3 Å². The molecule has 3 rings (SSSR count). The SMILES string of the molecule is CCn1nc(C)cc1C(=O)N1CCCN1C(=O)OCc1ccccc1. The van der Waals surface area contributed by atoms with Gasteiger partial charge in [0.25, 0.3) is 5.91 Å². The number of hydrogen-bond acceptors (Lipinski definition) is 4. The Kier molecular flexibility index (Phi) is 5.02. The third-order valence-corrected chi connectivity index (χ3v) is 4.10. The highest BCUT2D eigenvalue weighted by molar-refractivity contribution is 5.93. The molecule has 25 heavy (non-hydrogen) atoms. The van der Waals surface area contributed by atoms with E-state index in [2.05, 4.69) is 5.10 Å². The van der Waals surface area contributed by atoms with Crippen LogP contribution >= 0.6 is 0 Å². The van der Waals surface area contributed by atoms with Gasteiger partial charge in [-0.25, -0.2) is 14.8 Å². The quantitative estimate of drug-likeness (QED) is 0.856. The standard InChI is InChI=1S/C18H22N4O3/c1-3-20-16(12-14(2)19-20)17(23)21-10-7-11-22(21)18(24)25-13-15-8-5-4-6-9-15/h4-6,8-9,12H,3,7,10-11,13H2,1-2H3. The summed E-state index contributed by atoms with van der Waals surface area (Å²) in [6.07, 6.45) is 0.222. The van der Waals surface area contributed by atoms with Gasteiger partial charge >= 0.3 is 6.09 Å². The smallest absolute Gasteiger partial charge is 0.429 e. The lowest BCUT2D eigenvalue weighted by Gasteiger charge is -2.27. The van der Waals surface area contributed by atoms with Gasteiger partial charge in [0, 0.05) is 19.6 Å². The molecule has 2 heterocycles. The molecule has 1 aliphatic rings. The van der Waals surface area contributed by atoms with Gasteiger partial charge in [-0.15, -0.1) is 0 Å². The molecule has 2 aromatic rings. The molecule has 2 amide bonds. The van der Waals surface area contributed by atoms with Crippen molar-refractivity contribution >= 4 is 12.0 Å². The van der Waals surface area contributed by atoms with Gasteiger partial charge in [0.15, 0.2) is 0 Å². The first-order valence-electron chi connectivity index (χ1n) is 8.44. The maximum absolute atomic E-state index is 12.8. The third-order valence-electron chi connectivity index (χ3n) is 4.10. The molecule has 1 aromatic heterocycles. The van der Waals surface area contributed by atoms with Crippen molar-refractivity contribution in [2.45, 2.75) is 33.4 Å². The van der Waals surface area contributed by atoms with Gasteiger partial charge in [0.2, 0.25) is 0 Å². The normalized spacial score (nSPS) is 14.0. The number of hydrogen-bond donors (Lipinski definition) is 0. The summed E-state index contributed by atoms with van der Waals surface area (Å²) in [5.41, 5.74) is 2.18. The molecule has 7 heteroatoms. The van der Waals surface area contributed by atoms with Crippen LogP contribution in [0.1, 0.15) is 35.1 Å². The Morgan fingerprint density at radius 1 is 1.16 bits per heavy atom. The molecule has 0 N–H and O–H groups in total. The Bertz CT molecular complexity index is 757. The van der Waals surface area contributed by atoms with Crippen molar-refractivity contribution in [2.24, 2.45) is 0 Å². The van der Waals surface area contributed by atoms with Crippen molar-refractivity contribution in [2.75, 3.05) is 13.1 Å². The maximum atomic E-state index is 12.8. The number of carbonyl (C=O) groups is 2. The number of carbonyl (C=O) groups excluding carboxylic acids is 2. The molecule has 0 saturated carbocycles. The molecule has 1 saturated heterocycles. The summed E-state index contributed by atoms with van der Waals surface area (Å²) in [5.74, 6) is -0.225. The lowest BCUT2D eigenvalue weighted by Crippen LogP contribution is -2.45. The summed E-state index contributed by atoms with van der Waals surface area (Å²) in [6, 6.07) is 11.2. The van der Waals surface area contributed by atoms with E-state index >= 15 is 0 Å². The molecule has 0 unspecified atom stereocenters. The van der Waals surface area contributed by atoms with E-state index in [4.69, 9.17) is 4.74 Å². The molecule has 1 fully saturated rings. The fraction of sp³-hybridized carbons (Fsp3) is 0.389. The van der Waals surface area contributed by atoms with Crippen molar-refractivity contribution in [1.82, 2.24) is 19.8 Å². The van der Waals surface area contributed by atoms with E-state index in [1.807, 2.05) is 44.2 Å². The second kappa shape index (κ2) is 7.38. The van der Waals surface area contributed by atoms with E-state index < -0.39 is 6.09 Å². The number of ether oxygens (including phenoxy) is 1. The maximum Gasteiger partial charge on any atom is 0.429 e. The average Bonchev–Trinajstić information content (AvgIpc) is 3.26. The molecule has 1 aliphatic heterocycles. The molecule has 0 aliphatic carbocycles. The van der Waals surface area contributed by atoms with E-state index in [1.165, 1.54) is 10.0 Å². The molecular weight excluding hydrogens is 320 g/mol. The predicted molar refractivity (Wildman–Crippen MR) is 91.6 cm³/mol. The zero-order chi connectivity index (χ0) is 17.8. The summed E-state index contributed by atoms with van der Waals surface area (Å²) in [4.78, 5) is 25.3. The number of amides is 2. The van der Waals surface area contributed by atoms with Gasteiger partial charge in [0.05, 0.1) is 5.69 Å². The summed E-state index contributed by atoms with van der Waals surface area (Å²) >= 11 is 0. The molecule has 7 nitrogen and oxygen atoms in total. The van der Waals surface area contributed by atoms with Crippen molar-refractivity contribution in [3.63, 3.8) is 0 Å². The van der Waals surface area contributed by atoms with Gasteiger partial charge in [-0.3, -0.25) is 9.48 Å². The largest absolute Gasteiger partial charge is 0.443 e. The molecule has 0 atom stereocenters. The first kappa shape index (κ1) is 17.0. The van der Waals surface area contributed by atoms with Crippen LogP contribution in [0.4, 0.5) is 4.79 Å². The molecular formula is C18H22N4O3. The third kappa shape index (κ3) is 3.65. The van der Waals surface area contributed by atoms with Crippen LogP contribution in [0, 0.1) is 6.92 Å². The second-order valence-electron chi connectivity index (χ2n) is 5.93. The molecule has 1 aromatic carbocycles. The fourth-order valence-electron chi connectivity index (χ4n) is 2.90. The summed E-state index contributed by atoms with van der Waals surface area (Å²) < 4.78 is 7.02. The highest BCUT2D eigenvalue weighted by atomic mass is 16.6. The van der Waals surface area contributed by atoms with Gasteiger partial charge in [0.1, 0.15) is 12.3 Å². The monoisotopic (exact) mass is 342 g/mol. The first-order chi connectivity index (χ1) is 12.1. The Balaban J connectivity index is 1.69. The second-order valence-corrected chi connectivity index (χ2v) is 5.93. The van der Waals surface area contributed by atoms with E-state index in [-0.39, 0.29) is 12.5 Å². The van der Waals surface area contributed by atoms with Crippen molar-refractivity contribution in [3.8, 4) is 0 Å². The summed E-state index contributed by atoms with van der Waals surface area (Å²) in [6.45, 7) is 5.52. The highest BCUT2D eigenvalue weighted by Gasteiger charge is 2.33. The Hall–Kier alpha value is -2.83. The van der Waals surface area contributed by atoms with Gasteiger partial charge in [-0.2, -0.15) is 5.10 Å². The van der Waals surface area contributed by atoms with Crippen LogP contribution in [0.3, 0.4) is 0 Å². The number of aromatic nitrogens is 2. The highest BCUT2D eigenvalue weighted by Crippen LogP contribution is 2.17. The van der Waals surface area contributed by atoms with Crippen molar-refractivity contribution in [3.05, 3.63) is 53.3 Å². The Labute approximate surface area is 146 Å². The van der Waals surface area contributed by atoms with E-state index in [9.17, 15) is 9.59 Å². The van der Waals surface area contributed by atoms with E-state index in [0.717, 1.165) is 17.7 Å². The summed E-state index contributed by atoms with van der Waals surface area (Å²) in [5, 5.41) is 7.14. The minimum absolute atomic E-state index is 0.185. The van der Waals surface area contributed by atoms with Crippen LogP contribution in [-0.4, -0.2) is 44.9 Å². The molecule has 0 bridgehead atoms. The Morgan fingerprint density at radius 3 is 2.60 bits per heavy atom. The van der Waals surface area contributed by atoms with Crippen LogP contribution in [0.15, 0.2) is 36.4 Å². The van der Waals surface area contributed by atoms with E-state index in [1.54, 1.807) is 10.7 Å². The number of benzene rings is 1. The lowest BCUT2D eigenvalue weighted by atomic mass is 10.2. The average molecular weight is 342 g/mol. The topological polar surface area (TPSA) is 67.7 Å². The minimum Gasteiger partial charge on any atom is -0.443 e. The van der Waals surface area contributed by atoms with Crippen molar-refractivity contribution in [1.29, 1.82) is 0 Å². The van der Waals surface area contributed by atoms with Crippen LogP contribution in [0.2, 0.25) is 0 Å². The minimum atomic E-state index is -0.506. The molecule has 132 valence electrons. The number of hydrazine groups is 1. The zero-order valence-corrected chi connectivity index (χ0v) is 14.5. The lowest BCUT2D eigenvalue weighted by molar-refractivity contribution is 0.0103. The van der Waals surface area contributed by atoms with Gasteiger partial charge in [-0.1, -0.05) is 30.3 Å². The van der Waals surface area contributed by atoms with Gasteiger partial charge < -0.3 is 4.74 Å². The van der Waals surface area contributed by atoms with Gasteiger partial charge in [-0.05, 0) is 31.9 Å². The number of aryl methyl sites for hydroxylation is 2. The molecule has 0 spiro atoms. The Morgan fingerprint density at radius 2 is 1.88 bits per heavy atom. The zero-order valence-electron chi connectivity index (χ0n) is 14.5. The number of nitrogens with zero attached hydrogens (tertiary/aromatic N) is 4.